The molecule has 2 rings (SSSR count). The van der Waals surface area contributed by atoms with Crippen LogP contribution < -0.4 is 5.73 Å². The summed E-state index contributed by atoms with van der Waals surface area (Å²) in [5.41, 5.74) is 9.33. The fourth-order valence-corrected chi connectivity index (χ4v) is 2.05. The van der Waals surface area contributed by atoms with Gasteiger partial charge >= 0.3 is 5.97 Å². The van der Waals surface area contributed by atoms with Crippen molar-refractivity contribution in [3.05, 3.63) is 41.5 Å². The first-order chi connectivity index (χ1) is 9.32. The number of carbonyl (C=O) groups excluding carboxylic acids is 1. The highest BCUT2D eigenvalue weighted by Crippen LogP contribution is 2.27. The summed E-state index contributed by atoms with van der Waals surface area (Å²) in [5.74, 6) is -0.108. The molecule has 0 spiro atoms. The van der Waals surface area contributed by atoms with Crippen LogP contribution in [-0.4, -0.2) is 18.1 Å². The molecule has 0 atom stereocenters. The highest BCUT2D eigenvalue weighted by Gasteiger charge is 2.16. The van der Waals surface area contributed by atoms with E-state index < -0.39 is 5.97 Å². The van der Waals surface area contributed by atoms with Gasteiger partial charge in [-0.25, -0.2) is 4.79 Å². The molecule has 2 aromatic rings. The lowest BCUT2D eigenvalue weighted by Crippen LogP contribution is -2.10. The van der Waals surface area contributed by atoms with Gasteiger partial charge in [-0.1, -0.05) is 45.0 Å². The number of nitrogens with two attached hydrogens (primary N) is 1. The molecule has 4 nitrogen and oxygen atoms in total. The molecule has 0 aliphatic rings. The second-order valence-corrected chi connectivity index (χ2v) is 5.83. The molecule has 0 aliphatic heterocycles. The number of hydrogen-bond acceptors (Lipinski definition) is 3. The van der Waals surface area contributed by atoms with Crippen LogP contribution >= 0.6 is 0 Å². The number of H-pyrrole nitrogens is 1. The zero-order valence-corrected chi connectivity index (χ0v) is 12.3. The summed E-state index contributed by atoms with van der Waals surface area (Å²) in [6, 6.07) is 9.93. The molecule has 4 heteroatoms. The van der Waals surface area contributed by atoms with Gasteiger partial charge in [0.1, 0.15) is 11.4 Å². The van der Waals surface area contributed by atoms with Gasteiger partial charge in [-0.3, -0.25) is 0 Å². The van der Waals surface area contributed by atoms with E-state index in [9.17, 15) is 4.79 Å². The molecule has 0 aliphatic carbocycles. The summed E-state index contributed by atoms with van der Waals surface area (Å²) in [6.45, 7) is 6.51. The number of aromatic amines is 1. The summed E-state index contributed by atoms with van der Waals surface area (Å²) < 4.78 is 4.69. The Morgan fingerprint density at radius 1 is 1.20 bits per heavy atom. The zero-order valence-electron chi connectivity index (χ0n) is 12.3. The van der Waals surface area contributed by atoms with Crippen molar-refractivity contribution in [2.45, 2.75) is 26.2 Å². The largest absolute Gasteiger partial charge is 0.465 e. The predicted octanol–water partition coefficient (Wildman–Crippen LogP) is 3.35. The van der Waals surface area contributed by atoms with Crippen molar-refractivity contribution in [1.82, 2.24) is 4.98 Å². The van der Waals surface area contributed by atoms with Gasteiger partial charge in [0.25, 0.3) is 0 Å². The van der Waals surface area contributed by atoms with Crippen LogP contribution in [0.2, 0.25) is 0 Å². The maximum atomic E-state index is 11.5. The molecule has 0 saturated heterocycles. The quantitative estimate of drug-likeness (QED) is 0.824. The summed E-state index contributed by atoms with van der Waals surface area (Å²) >= 11 is 0. The van der Waals surface area contributed by atoms with Gasteiger partial charge in [-0.05, 0) is 22.6 Å². The van der Waals surface area contributed by atoms with Crippen molar-refractivity contribution < 1.29 is 9.53 Å². The number of hydrogen-bond donors (Lipinski definition) is 2. The smallest absolute Gasteiger partial charge is 0.341 e. The Balaban J connectivity index is 2.35. The molecule has 0 saturated carbocycles. The van der Waals surface area contributed by atoms with Crippen molar-refractivity contribution in [2.75, 3.05) is 12.8 Å². The van der Waals surface area contributed by atoms with Crippen molar-refractivity contribution in [2.24, 2.45) is 0 Å². The van der Waals surface area contributed by atoms with Crippen LogP contribution in [0.5, 0.6) is 0 Å². The minimum Gasteiger partial charge on any atom is -0.465 e. The third kappa shape index (κ3) is 2.69. The number of methoxy groups -OCH3 is 1. The molecule has 1 aromatic carbocycles. The number of ether oxygens (including phenoxy) is 1. The molecular weight excluding hydrogens is 252 g/mol. The van der Waals surface area contributed by atoms with Crippen molar-refractivity contribution >= 4 is 11.8 Å². The fourth-order valence-electron chi connectivity index (χ4n) is 2.05. The normalized spacial score (nSPS) is 11.4. The third-order valence-corrected chi connectivity index (χ3v) is 3.32. The van der Waals surface area contributed by atoms with Gasteiger partial charge < -0.3 is 15.5 Å². The van der Waals surface area contributed by atoms with Crippen molar-refractivity contribution in [3.63, 3.8) is 0 Å². The van der Waals surface area contributed by atoms with Crippen LogP contribution in [0.25, 0.3) is 11.3 Å². The van der Waals surface area contributed by atoms with Gasteiger partial charge in [0.2, 0.25) is 0 Å². The summed E-state index contributed by atoms with van der Waals surface area (Å²) in [4.78, 5) is 14.6. The molecule has 20 heavy (non-hydrogen) atoms. The molecule has 3 N–H and O–H groups in total. The van der Waals surface area contributed by atoms with E-state index in [1.807, 2.05) is 12.1 Å². The number of anilines is 1. The number of carbonyl (C=O) groups is 1. The van der Waals surface area contributed by atoms with E-state index in [2.05, 4.69) is 37.9 Å². The van der Waals surface area contributed by atoms with E-state index in [0.717, 1.165) is 11.3 Å². The zero-order chi connectivity index (χ0) is 14.9. The molecule has 0 fully saturated rings. The Hall–Kier alpha value is -2.23. The Labute approximate surface area is 119 Å². The minimum atomic E-state index is -0.434. The lowest BCUT2D eigenvalue weighted by atomic mass is 9.86. The highest BCUT2D eigenvalue weighted by atomic mass is 16.5. The topological polar surface area (TPSA) is 68.1 Å². The monoisotopic (exact) mass is 272 g/mol. The number of esters is 1. The second kappa shape index (κ2) is 5.04. The average Bonchev–Trinajstić information content (AvgIpc) is 2.79. The number of rotatable bonds is 2. The van der Waals surface area contributed by atoms with Gasteiger partial charge in [0.05, 0.1) is 7.11 Å². The first-order valence-corrected chi connectivity index (χ1v) is 6.50. The molecule has 1 heterocycles. The van der Waals surface area contributed by atoms with Crippen LogP contribution in [-0.2, 0) is 10.2 Å². The number of nitrogen functional groups attached to an aromatic ring is 1. The van der Waals surface area contributed by atoms with Gasteiger partial charge in [-0.2, -0.15) is 0 Å². The Morgan fingerprint density at radius 2 is 1.80 bits per heavy atom. The maximum Gasteiger partial charge on any atom is 0.341 e. The summed E-state index contributed by atoms with van der Waals surface area (Å²) in [5, 5.41) is 0. The molecule has 0 amide bonds. The van der Waals surface area contributed by atoms with E-state index in [4.69, 9.17) is 10.5 Å². The first-order valence-electron chi connectivity index (χ1n) is 6.50. The number of aromatic nitrogens is 1. The average molecular weight is 272 g/mol. The Morgan fingerprint density at radius 3 is 2.30 bits per heavy atom. The van der Waals surface area contributed by atoms with Crippen LogP contribution in [0.1, 0.15) is 36.7 Å². The van der Waals surface area contributed by atoms with E-state index in [-0.39, 0.29) is 5.41 Å². The molecule has 0 bridgehead atoms. The third-order valence-electron chi connectivity index (χ3n) is 3.32. The standard InChI is InChI=1S/C16H20N2O2/c1-16(2,3)11-7-5-10(6-8-11)13-9-12(14(17)18-13)15(19)20-4/h5-9,18H,17H2,1-4H3. The summed E-state index contributed by atoms with van der Waals surface area (Å²) in [6.07, 6.45) is 0. The first kappa shape index (κ1) is 14.2. The summed E-state index contributed by atoms with van der Waals surface area (Å²) in [7, 11) is 1.34. The van der Waals surface area contributed by atoms with Gasteiger partial charge in [0.15, 0.2) is 0 Å². The number of benzene rings is 1. The van der Waals surface area contributed by atoms with Crippen LogP contribution in [0.15, 0.2) is 30.3 Å². The van der Waals surface area contributed by atoms with E-state index >= 15 is 0 Å². The van der Waals surface area contributed by atoms with Crippen LogP contribution in [0.4, 0.5) is 5.82 Å². The van der Waals surface area contributed by atoms with E-state index in [1.54, 1.807) is 6.07 Å². The molecule has 0 radical (unpaired) electrons. The van der Waals surface area contributed by atoms with Crippen molar-refractivity contribution in [1.29, 1.82) is 0 Å². The second-order valence-electron chi connectivity index (χ2n) is 5.83. The van der Waals surface area contributed by atoms with Gasteiger partial charge in [0, 0.05) is 5.69 Å². The molecule has 106 valence electrons. The van der Waals surface area contributed by atoms with Crippen LogP contribution in [0, 0.1) is 0 Å². The number of nitrogens with one attached hydrogen (secondary N) is 1. The van der Waals surface area contributed by atoms with Crippen molar-refractivity contribution in [3.8, 4) is 11.3 Å². The molecular formula is C16H20N2O2. The highest BCUT2D eigenvalue weighted by molar-refractivity contribution is 5.96. The lowest BCUT2D eigenvalue weighted by Gasteiger charge is -2.19. The Kier molecular flexibility index (Phi) is 3.57. The molecule has 0 unspecified atom stereocenters. The minimum absolute atomic E-state index is 0.116. The lowest BCUT2D eigenvalue weighted by molar-refractivity contribution is 0.0602. The van der Waals surface area contributed by atoms with E-state index in [1.165, 1.54) is 12.7 Å². The van der Waals surface area contributed by atoms with Gasteiger partial charge in [-0.15, -0.1) is 0 Å². The fraction of sp³-hybridized carbons (Fsp3) is 0.312. The van der Waals surface area contributed by atoms with E-state index in [0.29, 0.717) is 11.4 Å². The molecule has 1 aromatic heterocycles. The maximum absolute atomic E-state index is 11.5. The predicted molar refractivity (Wildman–Crippen MR) is 80.7 cm³/mol. The Bertz CT molecular complexity index is 619. The SMILES string of the molecule is COC(=O)c1cc(-c2ccc(C(C)(C)C)cc2)[nH]c1N. The van der Waals surface area contributed by atoms with Crippen LogP contribution in [0.3, 0.4) is 0 Å².